The molecular weight excluding hydrogens is 252 g/mol. The number of nitrogens with one attached hydrogen (secondary N) is 1. The molecule has 0 bridgehead atoms. The van der Waals surface area contributed by atoms with Gasteiger partial charge in [-0.25, -0.2) is 9.50 Å². The van der Waals surface area contributed by atoms with E-state index in [1.165, 1.54) is 11.3 Å². The van der Waals surface area contributed by atoms with Gasteiger partial charge in [-0.05, 0) is 13.0 Å². The summed E-state index contributed by atoms with van der Waals surface area (Å²) in [5, 5.41) is 14.1. The number of hydrogen-bond acceptors (Lipinski definition) is 4. The first-order valence-corrected chi connectivity index (χ1v) is 6.17. The van der Waals surface area contributed by atoms with Crippen LogP contribution in [0.3, 0.4) is 0 Å². The monoisotopic (exact) mass is 262 g/mol. The lowest BCUT2D eigenvalue weighted by Gasteiger charge is -1.95. The standard InChI is InChI=1S/C11H10N4O2S/c1-6-8(4-9(16)17)15-11(13-6)18-10(14-15)7-2-3-12-5-7/h2-3,5,12H,4H2,1H3,(H,16,17). The Morgan fingerprint density at radius 2 is 2.44 bits per heavy atom. The van der Waals surface area contributed by atoms with Crippen LogP contribution in [0.5, 0.6) is 0 Å². The second kappa shape index (κ2) is 3.95. The van der Waals surface area contributed by atoms with Gasteiger partial charge in [0.25, 0.3) is 0 Å². The summed E-state index contributed by atoms with van der Waals surface area (Å²) < 4.78 is 1.62. The minimum absolute atomic E-state index is 0.0662. The Morgan fingerprint density at radius 3 is 3.11 bits per heavy atom. The summed E-state index contributed by atoms with van der Waals surface area (Å²) in [6, 6.07) is 1.92. The van der Waals surface area contributed by atoms with Gasteiger partial charge in [-0.15, -0.1) is 0 Å². The first-order chi connectivity index (χ1) is 8.65. The van der Waals surface area contributed by atoms with Gasteiger partial charge < -0.3 is 10.1 Å². The number of aliphatic carboxylic acids is 1. The van der Waals surface area contributed by atoms with Gasteiger partial charge in [0.1, 0.15) is 5.01 Å². The molecule has 3 heterocycles. The molecule has 0 aromatic carbocycles. The molecular formula is C11H10N4O2S. The van der Waals surface area contributed by atoms with Crippen molar-refractivity contribution in [3.63, 3.8) is 0 Å². The number of nitrogens with zero attached hydrogens (tertiary/aromatic N) is 3. The molecule has 18 heavy (non-hydrogen) atoms. The Morgan fingerprint density at radius 1 is 1.61 bits per heavy atom. The van der Waals surface area contributed by atoms with Crippen LogP contribution in [0.25, 0.3) is 15.5 Å². The van der Waals surface area contributed by atoms with E-state index < -0.39 is 5.97 Å². The molecule has 3 rings (SSSR count). The van der Waals surface area contributed by atoms with Crippen LogP contribution in [-0.2, 0) is 11.2 Å². The highest BCUT2D eigenvalue weighted by Gasteiger charge is 2.16. The summed E-state index contributed by atoms with van der Waals surface area (Å²) >= 11 is 1.44. The number of hydrogen-bond donors (Lipinski definition) is 2. The zero-order chi connectivity index (χ0) is 12.7. The fourth-order valence-electron chi connectivity index (χ4n) is 1.81. The van der Waals surface area contributed by atoms with E-state index in [1.54, 1.807) is 11.4 Å². The molecule has 0 aliphatic heterocycles. The number of imidazole rings is 1. The average molecular weight is 262 g/mol. The van der Waals surface area contributed by atoms with Crippen molar-refractivity contribution in [3.8, 4) is 10.6 Å². The minimum atomic E-state index is -0.879. The van der Waals surface area contributed by atoms with E-state index in [4.69, 9.17) is 5.11 Å². The first kappa shape index (κ1) is 11.0. The maximum Gasteiger partial charge on any atom is 0.309 e. The highest BCUT2D eigenvalue weighted by atomic mass is 32.1. The number of aryl methyl sites for hydroxylation is 1. The van der Waals surface area contributed by atoms with Crippen LogP contribution in [0.15, 0.2) is 18.5 Å². The Balaban J connectivity index is 2.13. The molecule has 0 amide bonds. The predicted octanol–water partition coefficient (Wildman–Crippen LogP) is 1.72. The van der Waals surface area contributed by atoms with Gasteiger partial charge in [0.2, 0.25) is 4.96 Å². The lowest BCUT2D eigenvalue weighted by Crippen LogP contribution is -2.05. The third-order valence-corrected chi connectivity index (χ3v) is 3.62. The van der Waals surface area contributed by atoms with Crippen molar-refractivity contribution in [1.82, 2.24) is 19.6 Å². The van der Waals surface area contributed by atoms with E-state index in [-0.39, 0.29) is 6.42 Å². The van der Waals surface area contributed by atoms with Gasteiger partial charge >= 0.3 is 5.97 Å². The van der Waals surface area contributed by atoms with Crippen molar-refractivity contribution in [3.05, 3.63) is 29.8 Å². The molecule has 3 aromatic heterocycles. The first-order valence-electron chi connectivity index (χ1n) is 5.35. The van der Waals surface area contributed by atoms with Crippen molar-refractivity contribution < 1.29 is 9.90 Å². The number of aromatic amines is 1. The van der Waals surface area contributed by atoms with Crippen LogP contribution >= 0.6 is 11.3 Å². The Kier molecular flexibility index (Phi) is 2.41. The Bertz CT molecular complexity index is 711. The van der Waals surface area contributed by atoms with Crippen molar-refractivity contribution in [2.24, 2.45) is 0 Å². The number of fused-ring (bicyclic) bond motifs is 1. The molecule has 2 N–H and O–H groups in total. The van der Waals surface area contributed by atoms with Crippen LogP contribution in [-0.4, -0.2) is 30.7 Å². The van der Waals surface area contributed by atoms with Gasteiger partial charge in [-0.2, -0.15) is 5.10 Å². The van der Waals surface area contributed by atoms with Gasteiger partial charge in [0, 0.05) is 18.0 Å². The molecule has 0 fully saturated rings. The fraction of sp³-hybridized carbons (Fsp3) is 0.182. The topological polar surface area (TPSA) is 83.3 Å². The minimum Gasteiger partial charge on any atom is -0.481 e. The molecule has 0 unspecified atom stereocenters. The zero-order valence-corrected chi connectivity index (χ0v) is 10.4. The van der Waals surface area contributed by atoms with Gasteiger partial charge in [-0.1, -0.05) is 11.3 Å². The summed E-state index contributed by atoms with van der Waals surface area (Å²) in [4.78, 5) is 18.9. The van der Waals surface area contributed by atoms with E-state index in [1.807, 2.05) is 18.5 Å². The second-order valence-corrected chi connectivity index (χ2v) is 4.87. The van der Waals surface area contributed by atoms with Gasteiger partial charge in [0.05, 0.1) is 17.8 Å². The van der Waals surface area contributed by atoms with E-state index in [9.17, 15) is 4.79 Å². The van der Waals surface area contributed by atoms with E-state index in [2.05, 4.69) is 15.1 Å². The number of H-pyrrole nitrogens is 1. The van der Waals surface area contributed by atoms with Gasteiger partial charge in [0.15, 0.2) is 0 Å². The smallest absolute Gasteiger partial charge is 0.309 e. The SMILES string of the molecule is Cc1nc2sc(-c3cc[nH]c3)nn2c1CC(=O)O. The molecule has 3 aromatic rings. The molecule has 0 atom stereocenters. The third-order valence-electron chi connectivity index (χ3n) is 2.66. The van der Waals surface area contributed by atoms with Gasteiger partial charge in [-0.3, -0.25) is 4.79 Å². The molecule has 92 valence electrons. The summed E-state index contributed by atoms with van der Waals surface area (Å²) in [6.07, 6.45) is 3.61. The molecule has 6 nitrogen and oxygen atoms in total. The van der Waals surface area contributed by atoms with Crippen LogP contribution < -0.4 is 0 Å². The fourth-order valence-corrected chi connectivity index (χ4v) is 2.77. The normalized spacial score (nSPS) is 11.2. The molecule has 0 aliphatic carbocycles. The molecule has 0 saturated heterocycles. The lowest BCUT2D eigenvalue weighted by molar-refractivity contribution is -0.136. The Labute approximate surface area is 106 Å². The number of carboxylic acids is 1. The maximum absolute atomic E-state index is 10.8. The van der Waals surface area contributed by atoms with Crippen LogP contribution in [0.4, 0.5) is 0 Å². The average Bonchev–Trinajstić information content (AvgIpc) is 2.96. The quantitative estimate of drug-likeness (QED) is 0.752. The van der Waals surface area contributed by atoms with E-state index in [0.717, 1.165) is 21.2 Å². The van der Waals surface area contributed by atoms with Crippen LogP contribution in [0.1, 0.15) is 11.4 Å². The number of rotatable bonds is 3. The molecule has 0 aliphatic rings. The number of carbonyl (C=O) groups is 1. The van der Waals surface area contributed by atoms with Crippen molar-refractivity contribution in [2.45, 2.75) is 13.3 Å². The van der Waals surface area contributed by atoms with Crippen molar-refractivity contribution in [2.75, 3.05) is 0 Å². The highest BCUT2D eigenvalue weighted by molar-refractivity contribution is 7.19. The summed E-state index contributed by atoms with van der Waals surface area (Å²) in [5.74, 6) is -0.879. The molecule has 0 spiro atoms. The van der Waals surface area contributed by atoms with Crippen molar-refractivity contribution in [1.29, 1.82) is 0 Å². The lowest BCUT2D eigenvalue weighted by atomic mass is 10.3. The summed E-state index contributed by atoms with van der Waals surface area (Å²) in [5.41, 5.74) is 2.33. The number of aromatic nitrogens is 4. The predicted molar refractivity (Wildman–Crippen MR) is 66.7 cm³/mol. The maximum atomic E-state index is 10.8. The second-order valence-electron chi connectivity index (χ2n) is 3.92. The largest absolute Gasteiger partial charge is 0.481 e. The van der Waals surface area contributed by atoms with Crippen LogP contribution in [0, 0.1) is 6.92 Å². The van der Waals surface area contributed by atoms with Crippen molar-refractivity contribution >= 4 is 22.3 Å². The molecule has 0 saturated carbocycles. The summed E-state index contributed by atoms with van der Waals surface area (Å²) in [6.45, 7) is 1.80. The van der Waals surface area contributed by atoms with Crippen LogP contribution in [0.2, 0.25) is 0 Å². The summed E-state index contributed by atoms with van der Waals surface area (Å²) in [7, 11) is 0. The zero-order valence-electron chi connectivity index (χ0n) is 9.54. The number of carboxylic acid groups (broad SMARTS) is 1. The Hall–Kier alpha value is -2.15. The molecule has 0 radical (unpaired) electrons. The van der Waals surface area contributed by atoms with E-state index >= 15 is 0 Å². The highest BCUT2D eigenvalue weighted by Crippen LogP contribution is 2.26. The van der Waals surface area contributed by atoms with E-state index in [0.29, 0.717) is 5.69 Å². The molecule has 7 heteroatoms. The third kappa shape index (κ3) is 1.68.